The van der Waals surface area contributed by atoms with Crippen molar-refractivity contribution in [2.24, 2.45) is 28.6 Å². The van der Waals surface area contributed by atoms with Crippen LogP contribution >= 0.6 is 0 Å². The summed E-state index contributed by atoms with van der Waals surface area (Å²) in [6.45, 7) is 13.8. The van der Waals surface area contributed by atoms with Crippen LogP contribution < -0.4 is 0 Å². The average molecular weight is 531 g/mol. The van der Waals surface area contributed by atoms with Crippen LogP contribution in [-0.4, -0.2) is 48.7 Å². The van der Waals surface area contributed by atoms with Gasteiger partial charge < -0.3 is 18.9 Å². The Balaban J connectivity index is 1.85. The minimum absolute atomic E-state index is 0.0495. The first-order valence-corrected chi connectivity index (χ1v) is 13.2. The Morgan fingerprint density at radius 1 is 0.895 bits per heavy atom. The van der Waals surface area contributed by atoms with Crippen molar-refractivity contribution < 1.29 is 42.9 Å². The maximum atomic E-state index is 12.9. The summed E-state index contributed by atoms with van der Waals surface area (Å²) in [7, 11) is 0. The minimum atomic E-state index is -1.14. The third-order valence-electron chi connectivity index (χ3n) is 9.15. The van der Waals surface area contributed by atoms with Gasteiger partial charge in [0.2, 0.25) is 12.6 Å². The van der Waals surface area contributed by atoms with E-state index in [4.69, 9.17) is 23.7 Å². The molecule has 1 heterocycles. The normalized spacial score (nSPS) is 37.1. The number of fused-ring (bicyclic) bond motifs is 1. The monoisotopic (exact) mass is 530 g/mol. The Morgan fingerprint density at radius 3 is 2.03 bits per heavy atom. The number of ether oxygens (including phenoxy) is 5. The molecule has 1 spiro atoms. The molecule has 2 saturated carbocycles. The van der Waals surface area contributed by atoms with Crippen LogP contribution in [-0.2, 0) is 42.9 Å². The van der Waals surface area contributed by atoms with E-state index < -0.39 is 60.0 Å². The molecule has 2 bridgehead atoms. The number of hydrogen-bond donors (Lipinski definition) is 0. The number of carbonyl (C=O) groups excluding carboxylic acids is 4. The zero-order valence-electron chi connectivity index (χ0n) is 23.4. The largest absolute Gasteiger partial charge is 0.458 e. The molecular formula is C29H38O9. The lowest BCUT2D eigenvalue weighted by atomic mass is 9.62. The van der Waals surface area contributed by atoms with E-state index in [2.05, 4.69) is 13.8 Å². The third-order valence-corrected chi connectivity index (χ3v) is 9.15. The lowest BCUT2D eigenvalue weighted by Crippen LogP contribution is -2.56. The fraction of sp³-hybridized carbons (Fsp3) is 0.655. The fourth-order valence-electron chi connectivity index (χ4n) is 7.21. The Kier molecular flexibility index (Phi) is 7.38. The molecule has 4 aliphatic rings. The van der Waals surface area contributed by atoms with E-state index in [0.717, 1.165) is 0 Å². The fourth-order valence-corrected chi connectivity index (χ4v) is 7.21. The summed E-state index contributed by atoms with van der Waals surface area (Å²) < 4.78 is 29.4. The van der Waals surface area contributed by atoms with Gasteiger partial charge in [-0.25, -0.2) is 9.59 Å². The summed E-state index contributed by atoms with van der Waals surface area (Å²) in [6, 6.07) is 0. The van der Waals surface area contributed by atoms with Crippen molar-refractivity contribution in [3.8, 4) is 0 Å². The Bertz CT molecular complexity index is 1130. The number of carbonyl (C=O) groups is 4. The van der Waals surface area contributed by atoms with Gasteiger partial charge in [0.05, 0.1) is 5.92 Å². The predicted molar refractivity (Wildman–Crippen MR) is 135 cm³/mol. The summed E-state index contributed by atoms with van der Waals surface area (Å²) in [4.78, 5) is 49.9. The molecule has 9 heteroatoms. The van der Waals surface area contributed by atoms with Gasteiger partial charge in [-0.2, -0.15) is 0 Å². The minimum Gasteiger partial charge on any atom is -0.458 e. The van der Waals surface area contributed by atoms with Gasteiger partial charge in [-0.1, -0.05) is 26.0 Å². The van der Waals surface area contributed by atoms with E-state index in [1.807, 2.05) is 6.08 Å². The number of rotatable bonds is 6. The molecule has 0 unspecified atom stereocenters. The number of esters is 4. The average Bonchev–Trinajstić information content (AvgIpc) is 3.25. The lowest BCUT2D eigenvalue weighted by Gasteiger charge is -2.50. The van der Waals surface area contributed by atoms with Crippen LogP contribution in [0, 0.1) is 28.6 Å². The Hall–Kier alpha value is -2.94. The van der Waals surface area contributed by atoms with Crippen molar-refractivity contribution in [1.29, 1.82) is 0 Å². The van der Waals surface area contributed by atoms with Crippen LogP contribution in [0.25, 0.3) is 0 Å². The molecule has 0 aromatic heterocycles. The molecule has 0 radical (unpaired) electrons. The van der Waals surface area contributed by atoms with Crippen LogP contribution in [0.15, 0.2) is 34.9 Å². The van der Waals surface area contributed by atoms with Crippen LogP contribution in [0.4, 0.5) is 0 Å². The van der Waals surface area contributed by atoms with Crippen LogP contribution in [0.5, 0.6) is 0 Å². The van der Waals surface area contributed by atoms with Crippen molar-refractivity contribution in [2.75, 3.05) is 0 Å². The molecule has 4 rings (SSSR count). The molecule has 8 atom stereocenters. The number of hydrogen-bond acceptors (Lipinski definition) is 9. The summed E-state index contributed by atoms with van der Waals surface area (Å²) in [5.41, 5.74) is 0.627. The maximum Gasteiger partial charge on any atom is 0.333 e. The van der Waals surface area contributed by atoms with Crippen molar-refractivity contribution >= 4 is 23.9 Å². The summed E-state index contributed by atoms with van der Waals surface area (Å²) in [5.74, 6) is -2.62. The molecule has 0 N–H and O–H groups in total. The van der Waals surface area contributed by atoms with Gasteiger partial charge in [-0.3, -0.25) is 14.3 Å². The third kappa shape index (κ3) is 4.38. The predicted octanol–water partition coefficient (Wildman–Crippen LogP) is 4.16. The van der Waals surface area contributed by atoms with E-state index in [1.54, 1.807) is 39.8 Å². The SMILES string of the molecule is C/C=C(/C)C(=O)O[C@@H]1C=C2[C@H](OC(C)=O)O[C@@H](OC(C)=O)[C@@H]3[C@H](OC(=O)/C(C)=C\C)C[C@H]4C(C)(C)[C@H]1C[C@@]234. The summed E-state index contributed by atoms with van der Waals surface area (Å²) >= 11 is 0. The molecule has 1 aliphatic heterocycles. The molecule has 208 valence electrons. The van der Waals surface area contributed by atoms with Crippen molar-refractivity contribution in [2.45, 2.75) is 93.0 Å². The van der Waals surface area contributed by atoms with E-state index in [-0.39, 0.29) is 17.3 Å². The highest BCUT2D eigenvalue weighted by atomic mass is 16.8. The molecule has 3 aliphatic carbocycles. The molecule has 9 nitrogen and oxygen atoms in total. The van der Waals surface area contributed by atoms with Gasteiger partial charge in [0, 0.05) is 41.9 Å². The smallest absolute Gasteiger partial charge is 0.333 e. The standard InChI is InChI=1S/C29H38O9/c1-9-14(3)24(32)36-20-11-18-26(34-16(5)30)38-27(35-17(6)31)23-21(37-25(33)15(4)10-2)12-22-28(7,8)19(20)13-29(18,22)23/h9-11,19-23,26-27H,12-13H2,1-8H3/b14-9-,15-10-/t19-,20+,21+,22-,23-,26+,27+,29-/m0/s1. The van der Waals surface area contributed by atoms with Crippen LogP contribution in [0.2, 0.25) is 0 Å². The van der Waals surface area contributed by atoms with Crippen molar-refractivity contribution in [3.63, 3.8) is 0 Å². The van der Waals surface area contributed by atoms with Gasteiger partial charge in [0.25, 0.3) is 0 Å². The topological polar surface area (TPSA) is 114 Å². The van der Waals surface area contributed by atoms with Crippen molar-refractivity contribution in [3.05, 3.63) is 34.9 Å². The van der Waals surface area contributed by atoms with Gasteiger partial charge in [0.15, 0.2) is 0 Å². The van der Waals surface area contributed by atoms with Crippen LogP contribution in [0.3, 0.4) is 0 Å². The zero-order valence-corrected chi connectivity index (χ0v) is 23.4. The summed E-state index contributed by atoms with van der Waals surface area (Å²) in [5, 5.41) is 0. The van der Waals surface area contributed by atoms with E-state index >= 15 is 0 Å². The Labute approximate surface area is 223 Å². The first-order valence-electron chi connectivity index (χ1n) is 13.2. The molecule has 1 saturated heterocycles. The second-order valence-electron chi connectivity index (χ2n) is 11.4. The Morgan fingerprint density at radius 2 is 1.47 bits per heavy atom. The quantitative estimate of drug-likeness (QED) is 0.216. The molecule has 0 amide bonds. The molecule has 0 aromatic rings. The van der Waals surface area contributed by atoms with Crippen LogP contribution in [0.1, 0.15) is 68.2 Å². The van der Waals surface area contributed by atoms with Gasteiger partial charge in [-0.15, -0.1) is 0 Å². The first kappa shape index (κ1) is 28.1. The first-order chi connectivity index (χ1) is 17.8. The summed E-state index contributed by atoms with van der Waals surface area (Å²) in [6.07, 6.45) is 2.90. The van der Waals surface area contributed by atoms with Gasteiger partial charge >= 0.3 is 23.9 Å². The molecule has 38 heavy (non-hydrogen) atoms. The molecule has 3 fully saturated rings. The highest BCUT2D eigenvalue weighted by Gasteiger charge is 2.76. The van der Waals surface area contributed by atoms with E-state index in [0.29, 0.717) is 29.6 Å². The number of allylic oxidation sites excluding steroid dienone is 2. The molecular weight excluding hydrogens is 492 g/mol. The lowest BCUT2D eigenvalue weighted by molar-refractivity contribution is -0.281. The highest BCUT2D eigenvalue weighted by molar-refractivity contribution is 5.88. The van der Waals surface area contributed by atoms with Gasteiger partial charge in [0.1, 0.15) is 12.2 Å². The van der Waals surface area contributed by atoms with E-state index in [9.17, 15) is 19.2 Å². The second-order valence-corrected chi connectivity index (χ2v) is 11.4. The molecule has 0 aromatic carbocycles. The zero-order chi connectivity index (χ0) is 28.2. The second kappa shape index (κ2) is 9.98. The van der Waals surface area contributed by atoms with Crippen molar-refractivity contribution in [1.82, 2.24) is 0 Å². The highest BCUT2D eigenvalue weighted by Crippen LogP contribution is 2.75. The van der Waals surface area contributed by atoms with Gasteiger partial charge in [-0.05, 0) is 57.9 Å². The van der Waals surface area contributed by atoms with E-state index in [1.165, 1.54) is 13.8 Å². The maximum absolute atomic E-state index is 12.9.